The molecule has 2 aromatic rings. The van der Waals surface area contributed by atoms with Crippen LogP contribution in [-0.4, -0.2) is 11.1 Å². The second-order valence-corrected chi connectivity index (χ2v) is 4.53. The quantitative estimate of drug-likeness (QED) is 0.736. The number of aryl methyl sites for hydroxylation is 2. The van der Waals surface area contributed by atoms with E-state index in [0.29, 0.717) is 11.4 Å². The van der Waals surface area contributed by atoms with Crippen molar-refractivity contribution in [2.24, 2.45) is 0 Å². The Hall–Kier alpha value is -2.49. The zero-order valence-electron chi connectivity index (χ0n) is 10.9. The molecule has 2 rings (SSSR count). The summed E-state index contributed by atoms with van der Waals surface area (Å²) in [7, 11) is 0. The molecule has 4 N–H and O–H groups in total. The monoisotopic (exact) mass is 256 g/mol. The third kappa shape index (κ3) is 2.85. The van der Waals surface area contributed by atoms with Gasteiger partial charge in [0.1, 0.15) is 0 Å². The van der Waals surface area contributed by atoms with E-state index in [1.165, 1.54) is 11.6 Å². The molecule has 0 saturated carbocycles. The minimum atomic E-state index is -0.980. The zero-order chi connectivity index (χ0) is 14.0. The summed E-state index contributed by atoms with van der Waals surface area (Å²) >= 11 is 0. The van der Waals surface area contributed by atoms with Crippen LogP contribution in [0.25, 0.3) is 0 Å². The fourth-order valence-corrected chi connectivity index (χ4v) is 1.83. The first kappa shape index (κ1) is 13.0. The first-order valence-corrected chi connectivity index (χ1v) is 5.94. The summed E-state index contributed by atoms with van der Waals surface area (Å²) < 4.78 is 0. The van der Waals surface area contributed by atoms with Gasteiger partial charge in [-0.25, -0.2) is 4.79 Å². The minimum absolute atomic E-state index is 0.201. The maximum absolute atomic E-state index is 11.2. The molecular weight excluding hydrogens is 240 g/mol. The first-order valence-electron chi connectivity index (χ1n) is 5.94. The van der Waals surface area contributed by atoms with Crippen LogP contribution >= 0.6 is 0 Å². The van der Waals surface area contributed by atoms with Crippen LogP contribution < -0.4 is 11.1 Å². The Labute approximate surface area is 111 Å². The van der Waals surface area contributed by atoms with E-state index in [1.807, 2.05) is 32.0 Å². The molecule has 4 nitrogen and oxygen atoms in total. The van der Waals surface area contributed by atoms with Gasteiger partial charge in [-0.3, -0.25) is 0 Å². The van der Waals surface area contributed by atoms with Crippen molar-refractivity contribution in [2.75, 3.05) is 11.1 Å². The molecule has 4 heteroatoms. The number of hydrogen-bond donors (Lipinski definition) is 3. The molecular formula is C15H16N2O2. The lowest BCUT2D eigenvalue weighted by Crippen LogP contribution is -2.03. The highest BCUT2D eigenvalue weighted by atomic mass is 16.4. The van der Waals surface area contributed by atoms with Gasteiger partial charge in [-0.2, -0.15) is 0 Å². The number of carbonyl (C=O) groups is 1. The maximum Gasteiger partial charge on any atom is 0.337 e. The van der Waals surface area contributed by atoms with Gasteiger partial charge < -0.3 is 16.2 Å². The first-order chi connectivity index (χ1) is 8.97. The number of nitrogens with two attached hydrogens (primary N) is 1. The Morgan fingerprint density at radius 3 is 2.47 bits per heavy atom. The van der Waals surface area contributed by atoms with E-state index < -0.39 is 5.97 Å². The van der Waals surface area contributed by atoms with Gasteiger partial charge in [-0.1, -0.05) is 6.07 Å². The highest BCUT2D eigenvalue weighted by Gasteiger charge is 2.10. The van der Waals surface area contributed by atoms with E-state index in [2.05, 4.69) is 5.32 Å². The molecule has 0 fully saturated rings. The number of carboxylic acids is 1. The molecule has 0 aliphatic heterocycles. The number of benzene rings is 2. The second kappa shape index (κ2) is 5.02. The molecule has 0 atom stereocenters. The fraction of sp³-hybridized carbons (Fsp3) is 0.133. The highest BCUT2D eigenvalue weighted by Crippen LogP contribution is 2.25. The van der Waals surface area contributed by atoms with Crippen molar-refractivity contribution in [1.29, 1.82) is 0 Å². The molecule has 0 aliphatic rings. The lowest BCUT2D eigenvalue weighted by Gasteiger charge is -2.12. The van der Waals surface area contributed by atoms with Crippen LogP contribution in [0.4, 0.5) is 17.1 Å². The smallest absolute Gasteiger partial charge is 0.337 e. The third-order valence-corrected chi connectivity index (χ3v) is 3.06. The summed E-state index contributed by atoms with van der Waals surface area (Å²) in [5.74, 6) is -0.980. The maximum atomic E-state index is 11.2. The zero-order valence-corrected chi connectivity index (χ0v) is 10.9. The Kier molecular flexibility index (Phi) is 3.42. The van der Waals surface area contributed by atoms with Crippen LogP contribution in [-0.2, 0) is 0 Å². The molecule has 0 amide bonds. The van der Waals surface area contributed by atoms with Gasteiger partial charge >= 0.3 is 5.97 Å². The molecule has 0 aliphatic carbocycles. The van der Waals surface area contributed by atoms with Crippen molar-refractivity contribution in [3.05, 3.63) is 53.1 Å². The van der Waals surface area contributed by atoms with Crippen LogP contribution in [0, 0.1) is 13.8 Å². The van der Waals surface area contributed by atoms with Crippen LogP contribution in [0.3, 0.4) is 0 Å². The van der Waals surface area contributed by atoms with E-state index in [-0.39, 0.29) is 5.56 Å². The number of rotatable bonds is 3. The van der Waals surface area contributed by atoms with Crippen LogP contribution in [0.2, 0.25) is 0 Å². The Morgan fingerprint density at radius 2 is 1.84 bits per heavy atom. The largest absolute Gasteiger partial charge is 0.478 e. The van der Waals surface area contributed by atoms with Crippen molar-refractivity contribution < 1.29 is 9.90 Å². The third-order valence-electron chi connectivity index (χ3n) is 3.06. The SMILES string of the molecule is Cc1ccc(Nc2cc(N)ccc2C(=O)O)cc1C. The molecule has 0 spiro atoms. The Balaban J connectivity index is 2.39. The van der Waals surface area contributed by atoms with Crippen LogP contribution in [0.15, 0.2) is 36.4 Å². The average Bonchev–Trinajstić information content (AvgIpc) is 2.33. The lowest BCUT2D eigenvalue weighted by molar-refractivity contribution is 0.0698. The van der Waals surface area contributed by atoms with Gasteiger partial charge in [0.2, 0.25) is 0 Å². The molecule has 19 heavy (non-hydrogen) atoms. The molecule has 0 unspecified atom stereocenters. The number of anilines is 3. The number of hydrogen-bond acceptors (Lipinski definition) is 3. The number of nitrogen functional groups attached to an aromatic ring is 1. The second-order valence-electron chi connectivity index (χ2n) is 4.53. The average molecular weight is 256 g/mol. The normalized spacial score (nSPS) is 10.2. The minimum Gasteiger partial charge on any atom is -0.478 e. The number of aromatic carboxylic acids is 1. The van der Waals surface area contributed by atoms with Gasteiger partial charge in [0, 0.05) is 11.4 Å². The lowest BCUT2D eigenvalue weighted by atomic mass is 10.1. The Bertz CT molecular complexity index is 636. The molecule has 2 aromatic carbocycles. The summed E-state index contributed by atoms with van der Waals surface area (Å²) in [6.45, 7) is 4.04. The van der Waals surface area contributed by atoms with Gasteiger partial charge in [0.15, 0.2) is 0 Å². The standard InChI is InChI=1S/C15H16N2O2/c1-9-3-5-12(7-10(9)2)17-14-8-11(16)4-6-13(14)15(18)19/h3-8,17H,16H2,1-2H3,(H,18,19). The molecule has 98 valence electrons. The summed E-state index contributed by atoms with van der Waals surface area (Å²) in [4.78, 5) is 11.2. The van der Waals surface area contributed by atoms with E-state index in [1.54, 1.807) is 12.1 Å². The van der Waals surface area contributed by atoms with Crippen molar-refractivity contribution in [3.8, 4) is 0 Å². The van der Waals surface area contributed by atoms with Crippen molar-refractivity contribution in [2.45, 2.75) is 13.8 Å². The van der Waals surface area contributed by atoms with Gasteiger partial charge in [-0.15, -0.1) is 0 Å². The summed E-state index contributed by atoms with van der Waals surface area (Å²) in [6.07, 6.45) is 0. The molecule has 0 radical (unpaired) electrons. The molecule has 0 aromatic heterocycles. The van der Waals surface area contributed by atoms with E-state index >= 15 is 0 Å². The van der Waals surface area contributed by atoms with Crippen LogP contribution in [0.5, 0.6) is 0 Å². The van der Waals surface area contributed by atoms with Crippen LogP contribution in [0.1, 0.15) is 21.5 Å². The Morgan fingerprint density at radius 1 is 1.11 bits per heavy atom. The van der Waals surface area contributed by atoms with Crippen molar-refractivity contribution >= 4 is 23.0 Å². The van der Waals surface area contributed by atoms with Gasteiger partial charge in [-0.05, 0) is 55.3 Å². The highest BCUT2D eigenvalue weighted by molar-refractivity contribution is 5.96. The molecule has 0 saturated heterocycles. The van der Waals surface area contributed by atoms with Gasteiger partial charge in [0.05, 0.1) is 11.3 Å². The topological polar surface area (TPSA) is 75.3 Å². The summed E-state index contributed by atoms with van der Waals surface area (Å²) in [5, 5.41) is 12.3. The predicted octanol–water partition coefficient (Wildman–Crippen LogP) is 3.33. The molecule has 0 heterocycles. The van der Waals surface area contributed by atoms with Crippen molar-refractivity contribution in [3.63, 3.8) is 0 Å². The van der Waals surface area contributed by atoms with Gasteiger partial charge in [0.25, 0.3) is 0 Å². The van der Waals surface area contributed by atoms with Crippen molar-refractivity contribution in [1.82, 2.24) is 0 Å². The van der Waals surface area contributed by atoms with E-state index in [0.717, 1.165) is 11.3 Å². The number of nitrogens with one attached hydrogen (secondary N) is 1. The number of carboxylic acid groups (broad SMARTS) is 1. The van der Waals surface area contributed by atoms with E-state index in [4.69, 9.17) is 10.8 Å². The molecule has 0 bridgehead atoms. The summed E-state index contributed by atoms with van der Waals surface area (Å²) in [6, 6.07) is 10.6. The van der Waals surface area contributed by atoms with E-state index in [9.17, 15) is 4.79 Å². The fourth-order valence-electron chi connectivity index (χ4n) is 1.83. The summed E-state index contributed by atoms with van der Waals surface area (Å²) in [5.41, 5.74) is 10.1. The predicted molar refractivity (Wildman–Crippen MR) is 77.0 cm³/mol.